The summed E-state index contributed by atoms with van der Waals surface area (Å²) >= 11 is 0. The fourth-order valence-electron chi connectivity index (χ4n) is 2.31. The summed E-state index contributed by atoms with van der Waals surface area (Å²) < 4.78 is 19.0. The molecule has 154 valence electrons. The normalized spacial score (nSPS) is 12.6. The smallest absolute Gasteiger partial charge is 0.407 e. The number of carbonyl (C=O) groups excluding carboxylic acids is 1. The Balaban J connectivity index is 0.00000676. The summed E-state index contributed by atoms with van der Waals surface area (Å²) in [6.45, 7) is 8.35. The molecule has 0 aliphatic heterocycles. The Kier molecular flexibility index (Phi) is 12.0. The van der Waals surface area contributed by atoms with Crippen molar-refractivity contribution in [1.82, 2.24) is 16.0 Å². The van der Waals surface area contributed by atoms with E-state index in [0.29, 0.717) is 24.6 Å². The summed E-state index contributed by atoms with van der Waals surface area (Å²) in [6.07, 6.45) is 1.28. The molecule has 0 aromatic heterocycles. The SMILES string of the molecule is CCCC(CNC(=NC)NCc1ccccc1F)NC(=O)OC(C)(C)C.I. The average molecular weight is 494 g/mol. The molecule has 0 fully saturated rings. The van der Waals surface area contributed by atoms with Crippen molar-refractivity contribution < 1.29 is 13.9 Å². The lowest BCUT2D eigenvalue weighted by Gasteiger charge is -2.24. The summed E-state index contributed by atoms with van der Waals surface area (Å²) in [5.41, 5.74) is 0.0264. The molecule has 0 spiro atoms. The molecule has 1 aromatic carbocycles. The van der Waals surface area contributed by atoms with E-state index < -0.39 is 11.7 Å². The van der Waals surface area contributed by atoms with Gasteiger partial charge >= 0.3 is 6.09 Å². The van der Waals surface area contributed by atoms with Gasteiger partial charge in [0, 0.05) is 31.7 Å². The van der Waals surface area contributed by atoms with Gasteiger partial charge in [0.25, 0.3) is 0 Å². The van der Waals surface area contributed by atoms with E-state index in [9.17, 15) is 9.18 Å². The summed E-state index contributed by atoms with van der Waals surface area (Å²) in [6, 6.07) is 6.50. The number of ether oxygens (including phenoxy) is 1. The number of benzene rings is 1. The number of aliphatic imine (C=N–C) groups is 1. The zero-order valence-electron chi connectivity index (χ0n) is 16.8. The van der Waals surface area contributed by atoms with Crippen molar-refractivity contribution >= 4 is 36.0 Å². The van der Waals surface area contributed by atoms with Crippen LogP contribution in [0.15, 0.2) is 29.3 Å². The van der Waals surface area contributed by atoms with E-state index in [2.05, 4.69) is 27.9 Å². The Bertz CT molecular complexity index is 606. The van der Waals surface area contributed by atoms with Crippen molar-refractivity contribution in [3.63, 3.8) is 0 Å². The molecular formula is C19H32FIN4O2. The third-order valence-corrected chi connectivity index (χ3v) is 3.50. The second-order valence-electron chi connectivity index (χ2n) is 7.03. The van der Waals surface area contributed by atoms with Gasteiger partial charge in [-0.1, -0.05) is 31.5 Å². The van der Waals surface area contributed by atoms with Gasteiger partial charge in [0.15, 0.2) is 5.96 Å². The molecule has 3 N–H and O–H groups in total. The molecule has 8 heteroatoms. The maximum Gasteiger partial charge on any atom is 0.407 e. The number of guanidine groups is 1. The Labute approximate surface area is 178 Å². The van der Waals surface area contributed by atoms with Crippen LogP contribution in [0.1, 0.15) is 46.1 Å². The molecule has 27 heavy (non-hydrogen) atoms. The summed E-state index contributed by atoms with van der Waals surface area (Å²) in [5, 5.41) is 9.10. The van der Waals surface area contributed by atoms with Crippen LogP contribution < -0.4 is 16.0 Å². The van der Waals surface area contributed by atoms with Gasteiger partial charge in [0.1, 0.15) is 11.4 Å². The fraction of sp³-hybridized carbons (Fsp3) is 0.579. The van der Waals surface area contributed by atoms with Crippen molar-refractivity contribution in [2.24, 2.45) is 4.99 Å². The molecule has 1 atom stereocenters. The lowest BCUT2D eigenvalue weighted by atomic mass is 10.1. The minimum atomic E-state index is -0.536. The van der Waals surface area contributed by atoms with Gasteiger partial charge in [-0.25, -0.2) is 9.18 Å². The second kappa shape index (κ2) is 12.7. The fourth-order valence-corrected chi connectivity index (χ4v) is 2.31. The maximum atomic E-state index is 13.7. The first-order chi connectivity index (χ1) is 12.2. The van der Waals surface area contributed by atoms with Gasteiger partial charge in [0.2, 0.25) is 0 Å². The van der Waals surface area contributed by atoms with E-state index >= 15 is 0 Å². The molecular weight excluding hydrogens is 462 g/mol. The monoisotopic (exact) mass is 494 g/mol. The zero-order chi connectivity index (χ0) is 19.6. The van der Waals surface area contributed by atoms with Crippen molar-refractivity contribution in [2.75, 3.05) is 13.6 Å². The molecule has 0 bridgehead atoms. The Morgan fingerprint density at radius 2 is 1.93 bits per heavy atom. The lowest BCUT2D eigenvalue weighted by Crippen LogP contribution is -2.48. The highest BCUT2D eigenvalue weighted by molar-refractivity contribution is 14.0. The third-order valence-electron chi connectivity index (χ3n) is 3.50. The van der Waals surface area contributed by atoms with Crippen molar-refractivity contribution in [3.05, 3.63) is 35.6 Å². The number of carbonyl (C=O) groups is 1. The molecule has 1 unspecified atom stereocenters. The van der Waals surface area contributed by atoms with Crippen LogP contribution in [0.4, 0.5) is 9.18 Å². The number of alkyl carbamates (subject to hydrolysis) is 1. The van der Waals surface area contributed by atoms with Crippen LogP contribution in [0.5, 0.6) is 0 Å². The van der Waals surface area contributed by atoms with Gasteiger partial charge in [0.05, 0.1) is 0 Å². The third kappa shape index (κ3) is 11.0. The van der Waals surface area contributed by atoms with E-state index in [0.717, 1.165) is 12.8 Å². The number of nitrogens with zero attached hydrogens (tertiary/aromatic N) is 1. The van der Waals surface area contributed by atoms with Crippen LogP contribution >= 0.6 is 24.0 Å². The molecule has 0 aliphatic carbocycles. The van der Waals surface area contributed by atoms with E-state index in [1.807, 2.05) is 20.8 Å². The quantitative estimate of drug-likeness (QED) is 0.306. The van der Waals surface area contributed by atoms with Crippen LogP contribution in [0.3, 0.4) is 0 Å². The van der Waals surface area contributed by atoms with E-state index in [1.54, 1.807) is 25.2 Å². The standard InChI is InChI=1S/C19H31FN4O2.HI/c1-6-9-15(24-18(25)26-19(2,3)4)13-23-17(21-5)22-12-14-10-7-8-11-16(14)20;/h7-8,10-11,15H,6,9,12-13H2,1-5H3,(H,24,25)(H2,21,22,23);1H. The predicted molar refractivity (Wildman–Crippen MR) is 118 cm³/mol. The van der Waals surface area contributed by atoms with Crippen LogP contribution in [0, 0.1) is 5.82 Å². The molecule has 0 radical (unpaired) electrons. The minimum absolute atomic E-state index is 0. The van der Waals surface area contributed by atoms with Crippen molar-refractivity contribution in [3.8, 4) is 0 Å². The first-order valence-corrected chi connectivity index (χ1v) is 8.92. The average Bonchev–Trinajstić information content (AvgIpc) is 2.54. The number of amides is 1. The van der Waals surface area contributed by atoms with Gasteiger partial charge in [-0.3, -0.25) is 4.99 Å². The number of nitrogens with one attached hydrogen (secondary N) is 3. The largest absolute Gasteiger partial charge is 0.444 e. The maximum absolute atomic E-state index is 13.7. The van der Waals surface area contributed by atoms with Gasteiger partial charge < -0.3 is 20.7 Å². The molecule has 6 nitrogen and oxygen atoms in total. The number of hydrogen-bond donors (Lipinski definition) is 3. The molecule has 0 aliphatic rings. The van der Waals surface area contributed by atoms with E-state index in [1.165, 1.54) is 6.07 Å². The van der Waals surface area contributed by atoms with Crippen LogP contribution in [-0.4, -0.2) is 37.3 Å². The molecule has 0 saturated carbocycles. The van der Waals surface area contributed by atoms with Gasteiger partial charge in [-0.2, -0.15) is 0 Å². The molecule has 0 saturated heterocycles. The first-order valence-electron chi connectivity index (χ1n) is 8.92. The van der Waals surface area contributed by atoms with E-state index in [-0.39, 0.29) is 35.8 Å². The topological polar surface area (TPSA) is 74.8 Å². The molecule has 0 heterocycles. The minimum Gasteiger partial charge on any atom is -0.444 e. The van der Waals surface area contributed by atoms with Crippen LogP contribution in [0.2, 0.25) is 0 Å². The number of hydrogen-bond acceptors (Lipinski definition) is 3. The zero-order valence-corrected chi connectivity index (χ0v) is 19.1. The summed E-state index contributed by atoms with van der Waals surface area (Å²) in [5.74, 6) is 0.284. The Morgan fingerprint density at radius 3 is 2.48 bits per heavy atom. The predicted octanol–water partition coefficient (Wildman–Crippen LogP) is 3.80. The highest BCUT2D eigenvalue weighted by atomic mass is 127. The molecule has 1 aromatic rings. The highest BCUT2D eigenvalue weighted by Crippen LogP contribution is 2.08. The number of rotatable bonds is 7. The van der Waals surface area contributed by atoms with Crippen molar-refractivity contribution in [2.45, 2.75) is 58.7 Å². The van der Waals surface area contributed by atoms with Gasteiger partial charge in [-0.15, -0.1) is 24.0 Å². The Hall–Kier alpha value is -1.58. The Morgan fingerprint density at radius 1 is 1.26 bits per heavy atom. The number of halogens is 2. The molecule has 1 rings (SSSR count). The highest BCUT2D eigenvalue weighted by Gasteiger charge is 2.19. The second-order valence-corrected chi connectivity index (χ2v) is 7.03. The first kappa shape index (κ1) is 25.4. The van der Waals surface area contributed by atoms with Crippen LogP contribution in [0.25, 0.3) is 0 Å². The van der Waals surface area contributed by atoms with Crippen molar-refractivity contribution in [1.29, 1.82) is 0 Å². The van der Waals surface area contributed by atoms with Crippen LogP contribution in [-0.2, 0) is 11.3 Å². The summed E-state index contributed by atoms with van der Waals surface area (Å²) in [7, 11) is 1.65. The molecule has 1 amide bonds. The lowest BCUT2D eigenvalue weighted by molar-refractivity contribution is 0.0502. The summed E-state index contributed by atoms with van der Waals surface area (Å²) in [4.78, 5) is 16.1. The van der Waals surface area contributed by atoms with E-state index in [4.69, 9.17) is 4.74 Å². The van der Waals surface area contributed by atoms with Gasteiger partial charge in [-0.05, 0) is 33.3 Å².